The fourth-order valence-corrected chi connectivity index (χ4v) is 2.40. The van der Waals surface area contributed by atoms with E-state index in [0.717, 1.165) is 12.5 Å². The van der Waals surface area contributed by atoms with Gasteiger partial charge < -0.3 is 0 Å². The summed E-state index contributed by atoms with van der Waals surface area (Å²) >= 11 is 0. The summed E-state index contributed by atoms with van der Waals surface area (Å²) in [6, 6.07) is 0. The second-order valence-corrected chi connectivity index (χ2v) is 5.89. The van der Waals surface area contributed by atoms with Gasteiger partial charge in [0, 0.05) is 6.54 Å². The number of rotatable bonds is 5. The van der Waals surface area contributed by atoms with Crippen molar-refractivity contribution in [2.45, 2.75) is 40.5 Å². The van der Waals surface area contributed by atoms with E-state index >= 15 is 0 Å². The van der Waals surface area contributed by atoms with Crippen LogP contribution in [0.15, 0.2) is 36.0 Å². The van der Waals surface area contributed by atoms with Gasteiger partial charge >= 0.3 is 0 Å². The molecule has 0 atom stereocenters. The molecule has 0 radical (unpaired) electrons. The Morgan fingerprint density at radius 2 is 1.89 bits per heavy atom. The van der Waals surface area contributed by atoms with Crippen molar-refractivity contribution in [1.29, 1.82) is 0 Å². The predicted octanol–water partition coefficient (Wildman–Crippen LogP) is 4.43. The summed E-state index contributed by atoms with van der Waals surface area (Å²) in [4.78, 5) is 2.53. The van der Waals surface area contributed by atoms with Crippen molar-refractivity contribution in [3.05, 3.63) is 36.0 Å². The van der Waals surface area contributed by atoms with Crippen molar-refractivity contribution in [1.82, 2.24) is 4.90 Å². The molecule has 0 unspecified atom stereocenters. The molecule has 0 aliphatic carbocycles. The van der Waals surface area contributed by atoms with E-state index in [4.69, 9.17) is 0 Å². The molecule has 0 N–H and O–H groups in total. The molecule has 18 heavy (non-hydrogen) atoms. The molecule has 1 nitrogen and oxygen atoms in total. The lowest BCUT2D eigenvalue weighted by Gasteiger charge is -2.30. The van der Waals surface area contributed by atoms with E-state index in [9.17, 15) is 0 Å². The predicted molar refractivity (Wildman–Crippen MR) is 81.7 cm³/mol. The lowest BCUT2D eigenvalue weighted by molar-refractivity contribution is 0.207. The summed E-state index contributed by atoms with van der Waals surface area (Å²) in [5, 5.41) is 0. The number of hydrogen-bond acceptors (Lipinski definition) is 1. The molecule has 0 aromatic heterocycles. The summed E-state index contributed by atoms with van der Waals surface area (Å²) in [7, 11) is 0. The molecule has 0 saturated carbocycles. The molecule has 0 amide bonds. The highest BCUT2D eigenvalue weighted by molar-refractivity contribution is 5.27. The molecule has 0 bridgehead atoms. The van der Waals surface area contributed by atoms with E-state index < -0.39 is 0 Å². The minimum absolute atomic E-state index is 0.592. The van der Waals surface area contributed by atoms with Crippen LogP contribution in [0.3, 0.4) is 0 Å². The smallest absolute Gasteiger partial charge is 0.0227 e. The minimum atomic E-state index is 0.592. The van der Waals surface area contributed by atoms with Crippen molar-refractivity contribution < 1.29 is 0 Å². The quantitative estimate of drug-likeness (QED) is 0.649. The topological polar surface area (TPSA) is 3.24 Å². The van der Waals surface area contributed by atoms with Crippen molar-refractivity contribution >= 4 is 0 Å². The zero-order valence-electron chi connectivity index (χ0n) is 12.6. The monoisotopic (exact) mass is 247 g/mol. The first-order chi connectivity index (χ1) is 8.52. The second-order valence-electron chi connectivity index (χ2n) is 5.89. The van der Waals surface area contributed by atoms with Gasteiger partial charge in [0.1, 0.15) is 0 Å². The van der Waals surface area contributed by atoms with Gasteiger partial charge in [0.2, 0.25) is 0 Å². The Morgan fingerprint density at radius 1 is 1.28 bits per heavy atom. The van der Waals surface area contributed by atoms with Gasteiger partial charge in [0.25, 0.3) is 0 Å². The Balaban J connectivity index is 2.39. The average molecular weight is 247 g/mol. The number of piperidine rings is 1. The van der Waals surface area contributed by atoms with Crippen LogP contribution in [0.1, 0.15) is 40.5 Å². The normalized spacial score (nSPS) is 19.9. The average Bonchev–Trinajstić information content (AvgIpc) is 2.32. The first kappa shape index (κ1) is 15.2. The SMILES string of the molecule is C=C(/C=C\C(=C/C)C(C)C)CN1CCC(C)CC1. The van der Waals surface area contributed by atoms with Crippen LogP contribution in [-0.2, 0) is 0 Å². The first-order valence-electron chi connectivity index (χ1n) is 7.27. The van der Waals surface area contributed by atoms with Crippen molar-refractivity contribution in [3.63, 3.8) is 0 Å². The summed E-state index contributed by atoms with van der Waals surface area (Å²) < 4.78 is 0. The Morgan fingerprint density at radius 3 is 2.39 bits per heavy atom. The molecule has 1 heterocycles. The highest BCUT2D eigenvalue weighted by Crippen LogP contribution is 2.17. The lowest BCUT2D eigenvalue weighted by Crippen LogP contribution is -2.33. The third kappa shape index (κ3) is 5.22. The minimum Gasteiger partial charge on any atom is -0.299 e. The molecular formula is C17H29N. The fourth-order valence-electron chi connectivity index (χ4n) is 2.40. The van der Waals surface area contributed by atoms with Gasteiger partial charge in [-0.15, -0.1) is 0 Å². The molecule has 1 aliphatic heterocycles. The Hall–Kier alpha value is -0.820. The van der Waals surface area contributed by atoms with E-state index in [1.54, 1.807) is 0 Å². The molecule has 0 spiro atoms. The second kappa shape index (κ2) is 7.58. The van der Waals surface area contributed by atoms with Crippen LogP contribution in [0.2, 0.25) is 0 Å². The summed E-state index contributed by atoms with van der Waals surface area (Å²) in [6.07, 6.45) is 9.27. The van der Waals surface area contributed by atoms with Gasteiger partial charge in [0.05, 0.1) is 0 Å². The number of hydrogen-bond donors (Lipinski definition) is 0. The van der Waals surface area contributed by atoms with Crippen LogP contribution in [0.5, 0.6) is 0 Å². The molecule has 1 heteroatoms. The number of nitrogens with zero attached hydrogens (tertiary/aromatic N) is 1. The van der Waals surface area contributed by atoms with Gasteiger partial charge in [-0.2, -0.15) is 0 Å². The standard InChI is InChI=1S/C17H29N/c1-6-17(14(2)3)8-7-16(5)13-18-11-9-15(4)10-12-18/h6-8,14-15H,5,9-13H2,1-4H3/b8-7-,17-6+. The van der Waals surface area contributed by atoms with Crippen LogP contribution in [-0.4, -0.2) is 24.5 Å². The van der Waals surface area contributed by atoms with Crippen molar-refractivity contribution in [2.75, 3.05) is 19.6 Å². The van der Waals surface area contributed by atoms with Crippen LogP contribution in [0.25, 0.3) is 0 Å². The fraction of sp³-hybridized carbons (Fsp3) is 0.647. The maximum atomic E-state index is 4.18. The Bertz CT molecular complexity index is 315. The highest BCUT2D eigenvalue weighted by atomic mass is 15.1. The van der Waals surface area contributed by atoms with E-state index in [0.29, 0.717) is 5.92 Å². The van der Waals surface area contributed by atoms with E-state index in [1.807, 2.05) is 0 Å². The van der Waals surface area contributed by atoms with E-state index in [1.165, 1.54) is 37.1 Å². The van der Waals surface area contributed by atoms with E-state index in [-0.39, 0.29) is 0 Å². The van der Waals surface area contributed by atoms with E-state index in [2.05, 4.69) is 57.4 Å². The largest absolute Gasteiger partial charge is 0.299 e. The summed E-state index contributed by atoms with van der Waals surface area (Å²) in [5.74, 6) is 1.50. The zero-order valence-corrected chi connectivity index (χ0v) is 12.6. The first-order valence-corrected chi connectivity index (χ1v) is 7.27. The Kier molecular flexibility index (Phi) is 6.42. The van der Waals surface area contributed by atoms with Gasteiger partial charge in [0.15, 0.2) is 0 Å². The van der Waals surface area contributed by atoms with Crippen molar-refractivity contribution in [2.24, 2.45) is 11.8 Å². The van der Waals surface area contributed by atoms with Crippen LogP contribution in [0, 0.1) is 11.8 Å². The third-order valence-corrected chi connectivity index (χ3v) is 3.81. The maximum Gasteiger partial charge on any atom is 0.0227 e. The molecule has 1 fully saturated rings. The van der Waals surface area contributed by atoms with Gasteiger partial charge in [-0.3, -0.25) is 4.90 Å². The highest BCUT2D eigenvalue weighted by Gasteiger charge is 2.15. The van der Waals surface area contributed by atoms with Gasteiger partial charge in [-0.25, -0.2) is 0 Å². The molecule has 1 saturated heterocycles. The van der Waals surface area contributed by atoms with Crippen LogP contribution in [0.4, 0.5) is 0 Å². The summed E-state index contributed by atoms with van der Waals surface area (Å²) in [6.45, 7) is 16.6. The maximum absolute atomic E-state index is 4.18. The summed E-state index contributed by atoms with van der Waals surface area (Å²) in [5.41, 5.74) is 2.62. The Labute approximate surface area is 113 Å². The van der Waals surface area contributed by atoms with Gasteiger partial charge in [-0.05, 0) is 55.8 Å². The number of likely N-dealkylation sites (tertiary alicyclic amines) is 1. The molecular weight excluding hydrogens is 218 g/mol. The lowest BCUT2D eigenvalue weighted by atomic mass is 9.98. The van der Waals surface area contributed by atoms with Crippen LogP contribution < -0.4 is 0 Å². The van der Waals surface area contributed by atoms with Crippen molar-refractivity contribution in [3.8, 4) is 0 Å². The zero-order chi connectivity index (χ0) is 13.5. The van der Waals surface area contributed by atoms with Crippen LogP contribution >= 0.6 is 0 Å². The molecule has 102 valence electrons. The molecule has 0 aromatic rings. The number of allylic oxidation sites excluding steroid dienone is 3. The molecule has 1 rings (SSSR count). The third-order valence-electron chi connectivity index (χ3n) is 3.81. The molecule has 1 aliphatic rings. The molecule has 0 aromatic carbocycles. The van der Waals surface area contributed by atoms with Gasteiger partial charge in [-0.1, -0.05) is 45.6 Å².